The van der Waals surface area contributed by atoms with E-state index in [1.807, 2.05) is 36.4 Å². The second-order valence-corrected chi connectivity index (χ2v) is 7.75. The van der Waals surface area contributed by atoms with E-state index >= 15 is 0 Å². The minimum Gasteiger partial charge on any atom is -0.329 e. The van der Waals surface area contributed by atoms with Gasteiger partial charge in [0.15, 0.2) is 0 Å². The molecule has 5 heteroatoms. The predicted octanol–water partition coefficient (Wildman–Crippen LogP) is 2.73. The molecule has 0 atom stereocenters. The van der Waals surface area contributed by atoms with Crippen LogP contribution in [0, 0.1) is 5.92 Å². The zero-order valence-corrected chi connectivity index (χ0v) is 14.9. The second-order valence-electron chi connectivity index (χ2n) is 6.63. The van der Waals surface area contributed by atoms with Crippen LogP contribution in [0.25, 0.3) is 10.2 Å². The number of hydrogen-bond donors (Lipinski definition) is 2. The molecule has 0 saturated carbocycles. The summed E-state index contributed by atoms with van der Waals surface area (Å²) in [5, 5.41) is 4.23. The number of nitrogens with zero attached hydrogens (tertiary/aromatic N) is 1. The normalized spacial score (nSPS) is 20.5. The number of likely N-dealkylation sites (tertiary alicyclic amines) is 1. The molecule has 1 saturated heterocycles. The van der Waals surface area contributed by atoms with Crippen molar-refractivity contribution in [2.45, 2.75) is 19.4 Å². The molecule has 128 valence electrons. The zero-order valence-electron chi connectivity index (χ0n) is 14.1. The molecule has 2 N–H and O–H groups in total. The molecule has 0 unspecified atom stereocenters. The van der Waals surface area contributed by atoms with Crippen molar-refractivity contribution in [1.29, 1.82) is 0 Å². The Morgan fingerprint density at radius 2 is 1.80 bits per heavy atom. The van der Waals surface area contributed by atoms with Gasteiger partial charge in [-0.15, -0.1) is 11.3 Å². The van der Waals surface area contributed by atoms with Gasteiger partial charge in [0.05, 0.1) is 23.3 Å². The molecule has 0 spiro atoms. The molecular weight excluding hydrogens is 330 g/mol. The van der Waals surface area contributed by atoms with Crippen molar-refractivity contribution in [2.75, 3.05) is 18.4 Å². The van der Waals surface area contributed by atoms with Crippen LogP contribution in [0.15, 0.2) is 54.6 Å². The highest BCUT2D eigenvalue weighted by Gasteiger charge is 2.28. The summed E-state index contributed by atoms with van der Waals surface area (Å²) in [6, 6.07) is 18.0. The summed E-state index contributed by atoms with van der Waals surface area (Å²) in [7, 11) is 0. The fraction of sp³-hybridized carbons (Fsp3) is 0.300. The molecule has 1 aromatic heterocycles. The van der Waals surface area contributed by atoms with E-state index < -0.39 is 0 Å². The summed E-state index contributed by atoms with van der Waals surface area (Å²) in [4.78, 5) is 18.7. The van der Waals surface area contributed by atoms with Gasteiger partial charge in [0.2, 0.25) is 5.91 Å². The fourth-order valence-electron chi connectivity index (χ4n) is 3.44. The maximum atomic E-state index is 12.4. The van der Waals surface area contributed by atoms with E-state index in [0.29, 0.717) is 0 Å². The summed E-state index contributed by atoms with van der Waals surface area (Å²) in [5.74, 6) is 0.282. The number of anilines is 1. The third-order valence-corrected chi connectivity index (χ3v) is 5.88. The Labute approximate surface area is 151 Å². The number of carbonyl (C=O) groups excluding carboxylic acids is 1. The van der Waals surface area contributed by atoms with E-state index in [1.165, 1.54) is 14.6 Å². The van der Waals surface area contributed by atoms with Crippen LogP contribution < -0.4 is 10.2 Å². The maximum absolute atomic E-state index is 12.4. The summed E-state index contributed by atoms with van der Waals surface area (Å²) in [5.41, 5.74) is 1.98. The highest BCUT2D eigenvalue weighted by Crippen LogP contribution is 2.21. The Bertz CT molecular complexity index is 821. The van der Waals surface area contributed by atoms with Crippen LogP contribution in [-0.2, 0) is 11.3 Å². The lowest BCUT2D eigenvalue weighted by Gasteiger charge is -2.28. The molecule has 1 aliphatic heterocycles. The third kappa shape index (κ3) is 3.89. The minimum absolute atomic E-state index is 0.124. The lowest BCUT2D eigenvalue weighted by atomic mass is 9.96. The molecule has 4 rings (SSSR count). The number of amides is 1. The predicted molar refractivity (Wildman–Crippen MR) is 102 cm³/mol. The highest BCUT2D eigenvalue weighted by molar-refractivity contribution is 7.18. The molecule has 4 nitrogen and oxygen atoms in total. The Hall–Kier alpha value is -2.24. The second kappa shape index (κ2) is 7.33. The highest BCUT2D eigenvalue weighted by atomic mass is 32.1. The smallest absolute Gasteiger partial charge is 0.227 e. The first kappa shape index (κ1) is 16.2. The standard InChI is InChI=1S/C20H21N3OS/c24-20(21-16-6-2-1-3-7-16)15-10-12-23(13-11-15)14-19-22-17-8-4-5-9-18(17)25-19/h1-9,15H,10-14H2,(H,21,24)/p+1. The van der Waals surface area contributed by atoms with Gasteiger partial charge >= 0.3 is 0 Å². The van der Waals surface area contributed by atoms with Gasteiger partial charge < -0.3 is 10.2 Å². The van der Waals surface area contributed by atoms with Crippen LogP contribution >= 0.6 is 11.3 Å². The number of quaternary nitrogens is 1. The van der Waals surface area contributed by atoms with Gasteiger partial charge in [0.1, 0.15) is 11.6 Å². The van der Waals surface area contributed by atoms with E-state index in [4.69, 9.17) is 4.98 Å². The van der Waals surface area contributed by atoms with Crippen molar-refractivity contribution in [3.63, 3.8) is 0 Å². The quantitative estimate of drug-likeness (QED) is 0.758. The zero-order chi connectivity index (χ0) is 17.1. The molecule has 0 radical (unpaired) electrons. The number of hydrogen-bond acceptors (Lipinski definition) is 3. The summed E-state index contributed by atoms with van der Waals surface area (Å²) >= 11 is 1.79. The molecule has 2 heterocycles. The topological polar surface area (TPSA) is 46.4 Å². The van der Waals surface area contributed by atoms with Gasteiger partial charge in [0.25, 0.3) is 0 Å². The molecule has 25 heavy (non-hydrogen) atoms. The molecule has 1 fully saturated rings. The van der Waals surface area contributed by atoms with E-state index in [0.717, 1.165) is 43.7 Å². The number of aromatic nitrogens is 1. The molecular formula is C20H22N3OS+. The molecule has 0 aliphatic carbocycles. The van der Waals surface area contributed by atoms with Crippen molar-refractivity contribution in [3.8, 4) is 0 Å². The van der Waals surface area contributed by atoms with Crippen LogP contribution in [0.2, 0.25) is 0 Å². The number of para-hydroxylation sites is 2. The van der Waals surface area contributed by atoms with E-state index in [-0.39, 0.29) is 11.8 Å². The third-order valence-electron chi connectivity index (χ3n) is 4.84. The molecule has 3 aromatic rings. The first-order chi connectivity index (χ1) is 12.3. The monoisotopic (exact) mass is 352 g/mol. The Kier molecular flexibility index (Phi) is 4.76. The summed E-state index contributed by atoms with van der Waals surface area (Å²) in [6.07, 6.45) is 1.89. The maximum Gasteiger partial charge on any atom is 0.227 e. The molecule has 1 amide bonds. The molecule has 0 bridgehead atoms. The van der Waals surface area contributed by atoms with Crippen molar-refractivity contribution in [1.82, 2.24) is 4.98 Å². The van der Waals surface area contributed by atoms with E-state index in [1.54, 1.807) is 11.3 Å². The number of carbonyl (C=O) groups is 1. The van der Waals surface area contributed by atoms with Gasteiger partial charge in [0, 0.05) is 24.4 Å². The lowest BCUT2D eigenvalue weighted by molar-refractivity contribution is -0.919. The Morgan fingerprint density at radius 1 is 1.08 bits per heavy atom. The Morgan fingerprint density at radius 3 is 2.56 bits per heavy atom. The van der Waals surface area contributed by atoms with Crippen molar-refractivity contribution in [2.24, 2.45) is 5.92 Å². The molecule has 1 aliphatic rings. The molecule has 2 aromatic carbocycles. The minimum atomic E-state index is 0.124. The summed E-state index contributed by atoms with van der Waals surface area (Å²) < 4.78 is 1.26. The van der Waals surface area contributed by atoms with Gasteiger partial charge in [-0.1, -0.05) is 30.3 Å². The van der Waals surface area contributed by atoms with Crippen molar-refractivity contribution in [3.05, 3.63) is 59.6 Å². The van der Waals surface area contributed by atoms with Crippen molar-refractivity contribution < 1.29 is 9.69 Å². The largest absolute Gasteiger partial charge is 0.329 e. The van der Waals surface area contributed by atoms with Crippen LogP contribution in [0.1, 0.15) is 17.8 Å². The van der Waals surface area contributed by atoms with Gasteiger partial charge in [-0.2, -0.15) is 0 Å². The number of fused-ring (bicyclic) bond motifs is 1. The fourth-order valence-corrected chi connectivity index (χ4v) is 4.48. The number of nitrogens with one attached hydrogen (secondary N) is 2. The van der Waals surface area contributed by atoms with Gasteiger partial charge in [-0.3, -0.25) is 4.79 Å². The Balaban J connectivity index is 1.31. The number of rotatable bonds is 4. The van der Waals surface area contributed by atoms with Crippen LogP contribution in [0.3, 0.4) is 0 Å². The van der Waals surface area contributed by atoms with Crippen molar-refractivity contribution >= 4 is 33.1 Å². The summed E-state index contributed by atoms with van der Waals surface area (Å²) in [6.45, 7) is 3.03. The lowest BCUT2D eigenvalue weighted by Crippen LogP contribution is -3.11. The number of piperidine rings is 1. The number of benzene rings is 2. The van der Waals surface area contributed by atoms with Crippen LogP contribution in [0.4, 0.5) is 5.69 Å². The average molecular weight is 352 g/mol. The first-order valence-corrected chi connectivity index (χ1v) is 9.63. The number of thiazole rings is 1. The van der Waals surface area contributed by atoms with E-state index in [2.05, 4.69) is 23.5 Å². The van der Waals surface area contributed by atoms with Crippen LogP contribution in [-0.4, -0.2) is 24.0 Å². The SMILES string of the molecule is O=C(Nc1ccccc1)C1CC[NH+](Cc2nc3ccccc3s2)CC1. The van der Waals surface area contributed by atoms with E-state index in [9.17, 15) is 4.79 Å². The van der Waals surface area contributed by atoms with Gasteiger partial charge in [-0.25, -0.2) is 4.98 Å². The van der Waals surface area contributed by atoms with Crippen LogP contribution in [0.5, 0.6) is 0 Å². The van der Waals surface area contributed by atoms with Gasteiger partial charge in [-0.05, 0) is 24.3 Å². The first-order valence-electron chi connectivity index (χ1n) is 8.82. The average Bonchev–Trinajstić information content (AvgIpc) is 3.05.